The fraction of sp³-hybridized carbons (Fsp3) is 0.417. The second-order valence-corrected chi connectivity index (χ2v) is 4.08. The van der Waals surface area contributed by atoms with Crippen molar-refractivity contribution in [2.75, 3.05) is 18.5 Å². The third-order valence-electron chi connectivity index (χ3n) is 2.61. The molecule has 0 saturated carbocycles. The lowest BCUT2D eigenvalue weighted by atomic mass is 10.2. The first-order valence-electron chi connectivity index (χ1n) is 6.09. The lowest BCUT2D eigenvalue weighted by molar-refractivity contribution is -0.384. The Bertz CT molecular complexity index is 466. The minimum absolute atomic E-state index is 0.000376. The Labute approximate surface area is 115 Å². The topological polar surface area (TPSA) is 128 Å². The summed E-state index contributed by atoms with van der Waals surface area (Å²) >= 11 is 0. The maximum absolute atomic E-state index is 10.8. The van der Waals surface area contributed by atoms with Crippen molar-refractivity contribution in [1.29, 1.82) is 0 Å². The molecule has 0 aliphatic rings. The number of nitrogens with one attached hydrogen (secondary N) is 1. The molecule has 110 valence electrons. The molecule has 8 heteroatoms. The molecule has 0 spiro atoms. The lowest BCUT2D eigenvalue weighted by Gasteiger charge is -2.14. The molecule has 1 aromatic carbocycles. The maximum Gasteiger partial charge on any atom is 0.404 e. The summed E-state index contributed by atoms with van der Waals surface area (Å²) < 4.78 is 4.67. The second kappa shape index (κ2) is 7.95. The van der Waals surface area contributed by atoms with Crippen LogP contribution in [0.15, 0.2) is 24.3 Å². The van der Waals surface area contributed by atoms with Crippen molar-refractivity contribution in [2.45, 2.75) is 18.9 Å². The monoisotopic (exact) mass is 283 g/mol. The van der Waals surface area contributed by atoms with Crippen molar-refractivity contribution in [1.82, 2.24) is 0 Å². The van der Waals surface area contributed by atoms with Gasteiger partial charge >= 0.3 is 6.09 Å². The summed E-state index contributed by atoms with van der Waals surface area (Å²) in [6.07, 6.45) is -0.617. The molecule has 20 heavy (non-hydrogen) atoms. The zero-order valence-electron chi connectivity index (χ0n) is 10.8. The van der Waals surface area contributed by atoms with Crippen LogP contribution in [0, 0.1) is 10.1 Å². The molecule has 0 aromatic heterocycles. The molecule has 4 N–H and O–H groups in total. The highest BCUT2D eigenvalue weighted by atomic mass is 16.6. The van der Waals surface area contributed by atoms with Gasteiger partial charge in [0.2, 0.25) is 0 Å². The molecule has 0 bridgehead atoms. The average Bonchev–Trinajstić information content (AvgIpc) is 2.42. The van der Waals surface area contributed by atoms with Crippen molar-refractivity contribution >= 4 is 17.5 Å². The van der Waals surface area contributed by atoms with Gasteiger partial charge in [-0.25, -0.2) is 4.79 Å². The molecule has 1 atom stereocenters. The first-order chi connectivity index (χ1) is 9.54. The predicted molar refractivity (Wildman–Crippen MR) is 72.4 cm³/mol. The highest BCUT2D eigenvalue weighted by Gasteiger charge is 2.13. The van der Waals surface area contributed by atoms with Gasteiger partial charge in [0.15, 0.2) is 0 Å². The van der Waals surface area contributed by atoms with Crippen LogP contribution in [0.2, 0.25) is 0 Å². The molecule has 8 nitrogen and oxygen atoms in total. The number of nitrogens with two attached hydrogens (primary N) is 1. The number of rotatable bonds is 8. The van der Waals surface area contributed by atoms with Crippen molar-refractivity contribution in [3.63, 3.8) is 0 Å². The number of aliphatic hydroxyl groups excluding tert-OH is 1. The number of para-hydroxylation sites is 2. The van der Waals surface area contributed by atoms with E-state index in [4.69, 9.17) is 10.8 Å². The lowest BCUT2D eigenvalue weighted by Crippen LogP contribution is -2.26. The van der Waals surface area contributed by atoms with Crippen LogP contribution in [0.1, 0.15) is 12.8 Å². The van der Waals surface area contributed by atoms with Crippen molar-refractivity contribution in [3.05, 3.63) is 34.4 Å². The summed E-state index contributed by atoms with van der Waals surface area (Å²) in [7, 11) is 0. The van der Waals surface area contributed by atoms with Gasteiger partial charge in [0.1, 0.15) is 11.8 Å². The van der Waals surface area contributed by atoms with Crippen LogP contribution in [0.5, 0.6) is 0 Å². The summed E-state index contributed by atoms with van der Waals surface area (Å²) in [6.45, 7) is 0.137. The van der Waals surface area contributed by atoms with Crippen LogP contribution < -0.4 is 11.1 Å². The highest BCUT2D eigenvalue weighted by molar-refractivity contribution is 5.64. The van der Waals surface area contributed by atoms with Gasteiger partial charge < -0.3 is 20.9 Å². The summed E-state index contributed by atoms with van der Waals surface area (Å²) in [5.41, 5.74) is 5.28. The number of nitro groups is 1. The van der Waals surface area contributed by atoms with E-state index in [2.05, 4.69) is 10.1 Å². The Morgan fingerprint density at radius 3 is 2.80 bits per heavy atom. The molecular weight excluding hydrogens is 266 g/mol. The Balaban J connectivity index is 2.41. The first kappa shape index (κ1) is 15.7. The fourth-order valence-corrected chi connectivity index (χ4v) is 1.69. The van der Waals surface area contributed by atoms with Gasteiger partial charge in [-0.05, 0) is 18.9 Å². The second-order valence-electron chi connectivity index (χ2n) is 4.08. The number of primary amides is 1. The van der Waals surface area contributed by atoms with Crippen LogP contribution in [-0.4, -0.2) is 35.4 Å². The van der Waals surface area contributed by atoms with Crippen molar-refractivity contribution < 1.29 is 19.6 Å². The number of ether oxygens (including phenoxy) is 1. The Hall–Kier alpha value is -2.35. The zero-order chi connectivity index (χ0) is 15.0. The van der Waals surface area contributed by atoms with E-state index in [0.717, 1.165) is 0 Å². The van der Waals surface area contributed by atoms with E-state index in [1.807, 2.05) is 0 Å². The molecule has 1 unspecified atom stereocenters. The maximum atomic E-state index is 10.8. The normalized spacial score (nSPS) is 11.7. The van der Waals surface area contributed by atoms with E-state index in [0.29, 0.717) is 25.1 Å². The number of benzene rings is 1. The Morgan fingerprint density at radius 2 is 2.20 bits per heavy atom. The minimum atomic E-state index is -0.935. The van der Waals surface area contributed by atoms with Crippen molar-refractivity contribution in [2.24, 2.45) is 5.73 Å². The third kappa shape index (κ3) is 5.11. The molecule has 0 radical (unpaired) electrons. The van der Waals surface area contributed by atoms with Crippen LogP contribution >= 0.6 is 0 Å². The average molecular weight is 283 g/mol. The van der Waals surface area contributed by atoms with Crippen molar-refractivity contribution in [3.8, 4) is 0 Å². The molecule has 1 rings (SSSR count). The Morgan fingerprint density at radius 1 is 1.50 bits per heavy atom. The molecule has 0 saturated heterocycles. The number of amides is 1. The number of aliphatic hydroxyl groups is 1. The largest absolute Gasteiger partial charge is 0.444 e. The summed E-state index contributed by atoms with van der Waals surface area (Å²) in [6, 6.07) is 6.31. The number of carbonyl (C=O) groups excluding carboxylic acids is 1. The molecule has 0 aliphatic carbocycles. The Kier molecular flexibility index (Phi) is 6.24. The minimum Gasteiger partial charge on any atom is -0.444 e. The van der Waals surface area contributed by atoms with Gasteiger partial charge in [-0.15, -0.1) is 0 Å². The standard InChI is InChI=1S/C12H17N3O5/c13-12(17)20-9(8-16)4-3-7-14-10-5-1-2-6-11(10)15(18)19/h1-2,5-6,9,14,16H,3-4,7-8H2,(H2,13,17). The van der Waals surface area contributed by atoms with E-state index < -0.39 is 17.1 Å². The fourth-order valence-electron chi connectivity index (χ4n) is 1.69. The van der Waals surface area contributed by atoms with E-state index in [9.17, 15) is 14.9 Å². The molecule has 1 aromatic rings. The van der Waals surface area contributed by atoms with Gasteiger partial charge in [-0.1, -0.05) is 12.1 Å². The van der Waals surface area contributed by atoms with Gasteiger partial charge in [-0.3, -0.25) is 10.1 Å². The zero-order valence-corrected chi connectivity index (χ0v) is 10.8. The SMILES string of the molecule is NC(=O)OC(CO)CCCNc1ccccc1[N+](=O)[O-]. The molecule has 1 amide bonds. The van der Waals surface area contributed by atoms with Crippen LogP contribution in [0.4, 0.5) is 16.2 Å². The number of nitrogens with zero attached hydrogens (tertiary/aromatic N) is 1. The number of hydrogen-bond donors (Lipinski definition) is 3. The van der Waals surface area contributed by atoms with E-state index in [1.54, 1.807) is 18.2 Å². The first-order valence-corrected chi connectivity index (χ1v) is 6.09. The van der Waals surface area contributed by atoms with E-state index in [-0.39, 0.29) is 12.3 Å². The smallest absolute Gasteiger partial charge is 0.404 e. The molecular formula is C12H17N3O5. The molecule has 0 heterocycles. The van der Waals surface area contributed by atoms with Gasteiger partial charge in [0.05, 0.1) is 11.5 Å². The van der Waals surface area contributed by atoms with Gasteiger partial charge in [0.25, 0.3) is 5.69 Å². The van der Waals surface area contributed by atoms with Gasteiger partial charge in [-0.2, -0.15) is 0 Å². The van der Waals surface area contributed by atoms with Crippen LogP contribution in [-0.2, 0) is 4.74 Å². The number of carbonyl (C=O) groups is 1. The van der Waals surface area contributed by atoms with Crippen LogP contribution in [0.3, 0.4) is 0 Å². The third-order valence-corrected chi connectivity index (χ3v) is 2.61. The van der Waals surface area contributed by atoms with E-state index in [1.165, 1.54) is 6.07 Å². The highest BCUT2D eigenvalue weighted by Crippen LogP contribution is 2.23. The molecule has 0 aliphatic heterocycles. The summed E-state index contributed by atoms with van der Waals surface area (Å²) in [4.78, 5) is 20.9. The van der Waals surface area contributed by atoms with E-state index >= 15 is 0 Å². The summed E-state index contributed by atoms with van der Waals surface area (Å²) in [5, 5.41) is 22.7. The predicted octanol–water partition coefficient (Wildman–Crippen LogP) is 1.24. The summed E-state index contributed by atoms with van der Waals surface area (Å²) in [5.74, 6) is 0. The van der Waals surface area contributed by atoms with Crippen LogP contribution in [0.25, 0.3) is 0 Å². The number of nitro benzene ring substituents is 1. The van der Waals surface area contributed by atoms with Gasteiger partial charge in [0, 0.05) is 12.6 Å². The molecule has 0 fully saturated rings. The quantitative estimate of drug-likeness (QED) is 0.374. The number of anilines is 1. The number of hydrogen-bond acceptors (Lipinski definition) is 6.